The van der Waals surface area contributed by atoms with Gasteiger partial charge in [-0.1, -0.05) is 36.4 Å². The fourth-order valence-corrected chi connectivity index (χ4v) is 11.6. The van der Waals surface area contributed by atoms with E-state index in [2.05, 4.69) is 131 Å². The van der Waals surface area contributed by atoms with Gasteiger partial charge in [0.15, 0.2) is 5.60 Å². The average Bonchev–Trinajstić information content (AvgIpc) is 3.92. The number of fused-ring (bicyclic) bond motifs is 3. The molecule has 0 fully saturated rings. The molecule has 7 heteroatoms. The summed E-state index contributed by atoms with van der Waals surface area (Å²) >= 11 is 10.8. The maximum absolute atomic E-state index is 7.16. The van der Waals surface area contributed by atoms with Crippen LogP contribution in [-0.4, -0.2) is 0 Å². The van der Waals surface area contributed by atoms with Crippen molar-refractivity contribution in [3.05, 3.63) is 141 Å². The number of benzene rings is 2. The highest BCUT2D eigenvalue weighted by Gasteiger charge is 2.40. The van der Waals surface area contributed by atoms with Crippen molar-refractivity contribution in [3.63, 3.8) is 0 Å². The lowest BCUT2D eigenvalue weighted by atomic mass is 9.92. The molecule has 8 aromatic rings. The Morgan fingerprint density at radius 3 is 1.70 bits per heavy atom. The van der Waals surface area contributed by atoms with Crippen LogP contribution < -0.4 is 4.74 Å². The lowest BCUT2D eigenvalue weighted by Crippen LogP contribution is -2.32. The summed E-state index contributed by atoms with van der Waals surface area (Å²) in [6.07, 6.45) is 4.57. The van der Waals surface area contributed by atoms with Gasteiger partial charge < -0.3 is 4.74 Å². The quantitative estimate of drug-likeness (QED) is 0.171. The molecule has 0 spiro atoms. The Bertz CT molecular complexity index is 2180. The van der Waals surface area contributed by atoms with E-state index in [1.54, 1.807) is 34.0 Å². The molecule has 6 aromatic heterocycles. The Morgan fingerprint density at radius 2 is 1.09 bits per heavy atom. The molecule has 0 bridgehead atoms. The van der Waals surface area contributed by atoms with Crippen LogP contribution in [0.5, 0.6) is 5.75 Å². The number of ether oxygens (including phenoxy) is 1. The number of thiophene rings is 6. The molecule has 0 saturated heterocycles. The monoisotopic (exact) mass is 674 g/mol. The van der Waals surface area contributed by atoms with Crippen LogP contribution in [0, 0.1) is 0 Å². The van der Waals surface area contributed by atoms with Gasteiger partial charge >= 0.3 is 0 Å². The van der Waals surface area contributed by atoms with E-state index in [-0.39, 0.29) is 0 Å². The van der Waals surface area contributed by atoms with Crippen LogP contribution in [0.25, 0.3) is 56.6 Å². The van der Waals surface area contributed by atoms with Gasteiger partial charge in [0.2, 0.25) is 0 Å². The van der Waals surface area contributed by atoms with E-state index in [1.807, 2.05) is 34.0 Å². The van der Waals surface area contributed by atoms with E-state index in [1.165, 1.54) is 60.2 Å². The molecule has 212 valence electrons. The zero-order valence-corrected chi connectivity index (χ0v) is 28.0. The Balaban J connectivity index is 1.13. The van der Waals surface area contributed by atoms with Crippen LogP contribution in [0.15, 0.2) is 125 Å². The van der Waals surface area contributed by atoms with Gasteiger partial charge in [0.05, 0.1) is 9.75 Å². The Hall–Kier alpha value is -3.56. The number of hydrogen-bond donors (Lipinski definition) is 0. The van der Waals surface area contributed by atoms with Crippen LogP contribution in [0.4, 0.5) is 0 Å². The van der Waals surface area contributed by atoms with E-state index in [4.69, 9.17) is 4.74 Å². The van der Waals surface area contributed by atoms with Gasteiger partial charge in [-0.2, -0.15) is 0 Å². The lowest BCUT2D eigenvalue weighted by Gasteiger charge is -2.34. The summed E-state index contributed by atoms with van der Waals surface area (Å²) in [6, 6.07) is 37.6. The van der Waals surface area contributed by atoms with Crippen molar-refractivity contribution in [1.82, 2.24) is 0 Å². The second kappa shape index (κ2) is 10.8. The summed E-state index contributed by atoms with van der Waals surface area (Å²) in [5.41, 5.74) is 1.70. The first-order valence-corrected chi connectivity index (χ1v) is 19.2. The van der Waals surface area contributed by atoms with Crippen molar-refractivity contribution < 1.29 is 4.74 Å². The van der Waals surface area contributed by atoms with Crippen molar-refractivity contribution in [3.8, 4) is 45.5 Å². The van der Waals surface area contributed by atoms with Crippen molar-refractivity contribution in [2.24, 2.45) is 0 Å². The smallest absolute Gasteiger partial charge is 0.196 e. The highest BCUT2D eigenvalue weighted by atomic mass is 32.1. The highest BCUT2D eigenvalue weighted by molar-refractivity contribution is 7.23. The molecule has 1 aliphatic heterocycles. The van der Waals surface area contributed by atoms with Gasteiger partial charge in [-0.3, -0.25) is 0 Å². The van der Waals surface area contributed by atoms with Crippen LogP contribution in [0.2, 0.25) is 0 Å². The van der Waals surface area contributed by atoms with Gasteiger partial charge in [-0.15, -0.1) is 68.0 Å². The minimum Gasteiger partial charge on any atom is -0.471 e. The summed E-state index contributed by atoms with van der Waals surface area (Å²) in [5.74, 6) is 0.918. The fraction of sp³-hybridized carbons (Fsp3) is 0.0270. The second-order valence-corrected chi connectivity index (χ2v) is 16.6. The van der Waals surface area contributed by atoms with E-state index in [0.29, 0.717) is 0 Å². The molecule has 1 aliphatic rings. The standard InChI is InChI=1S/C37H22OS6/c1-4-29(39-19-1)32-12-11-28(42-32)24-7-9-25-23(22-24)8-10-27-26(25)17-18-37(38-27,35-15-13-33(43-35)30-5-2-20-40-30)36-16-14-34(44-36)31-6-3-21-41-31/h1-22H. The molecular formula is C37H22OS6. The Labute approximate surface area is 279 Å². The van der Waals surface area contributed by atoms with E-state index < -0.39 is 5.60 Å². The summed E-state index contributed by atoms with van der Waals surface area (Å²) < 4.78 is 7.16. The summed E-state index contributed by atoms with van der Waals surface area (Å²) in [6.45, 7) is 0. The third-order valence-electron chi connectivity index (χ3n) is 7.90. The number of hydrogen-bond acceptors (Lipinski definition) is 7. The van der Waals surface area contributed by atoms with Crippen LogP contribution >= 0.6 is 68.0 Å². The van der Waals surface area contributed by atoms with Crippen LogP contribution in [0.1, 0.15) is 15.3 Å². The summed E-state index contributed by atoms with van der Waals surface area (Å²) in [4.78, 5) is 11.4. The first-order valence-electron chi connectivity index (χ1n) is 14.1. The third-order valence-corrected chi connectivity index (χ3v) is 14.6. The Kier molecular flexibility index (Phi) is 6.58. The molecular weight excluding hydrogens is 653 g/mol. The molecule has 1 nitrogen and oxygen atoms in total. The molecule has 7 heterocycles. The summed E-state index contributed by atoms with van der Waals surface area (Å²) in [5, 5.41) is 8.85. The third kappa shape index (κ3) is 4.50. The summed E-state index contributed by atoms with van der Waals surface area (Å²) in [7, 11) is 0. The predicted molar refractivity (Wildman–Crippen MR) is 196 cm³/mol. The average molecular weight is 675 g/mol. The first-order chi connectivity index (χ1) is 21.7. The molecule has 0 N–H and O–H groups in total. The number of rotatable bonds is 6. The maximum Gasteiger partial charge on any atom is 0.196 e. The topological polar surface area (TPSA) is 9.23 Å². The van der Waals surface area contributed by atoms with E-state index in [9.17, 15) is 0 Å². The van der Waals surface area contributed by atoms with Crippen molar-refractivity contribution in [2.45, 2.75) is 5.60 Å². The second-order valence-electron chi connectivity index (χ2n) is 10.5. The zero-order chi connectivity index (χ0) is 29.1. The maximum atomic E-state index is 7.16. The van der Waals surface area contributed by atoms with Gasteiger partial charge in [-0.25, -0.2) is 0 Å². The van der Waals surface area contributed by atoms with Crippen molar-refractivity contribution >= 4 is 84.9 Å². The van der Waals surface area contributed by atoms with Gasteiger partial charge in [0, 0.05) is 39.7 Å². The predicted octanol–water partition coefficient (Wildman–Crippen LogP) is 13.2. The largest absolute Gasteiger partial charge is 0.471 e. The molecule has 44 heavy (non-hydrogen) atoms. The first kappa shape index (κ1) is 26.8. The van der Waals surface area contributed by atoms with Gasteiger partial charge in [0.1, 0.15) is 5.75 Å². The minimum absolute atomic E-state index is 0.684. The highest BCUT2D eigenvalue weighted by Crippen LogP contribution is 2.50. The minimum atomic E-state index is -0.684. The molecule has 0 atom stereocenters. The fourth-order valence-electron chi connectivity index (χ4n) is 5.76. The van der Waals surface area contributed by atoms with E-state index >= 15 is 0 Å². The van der Waals surface area contributed by atoms with Crippen molar-refractivity contribution in [1.29, 1.82) is 0 Å². The SMILES string of the molecule is C1=CC(c2ccc(-c3cccs3)s2)(c2ccc(-c3cccs3)s2)Oc2ccc3cc(-c4ccc(-c5cccs5)s4)ccc3c21. The molecule has 0 saturated carbocycles. The molecule has 2 aromatic carbocycles. The van der Waals surface area contributed by atoms with Crippen LogP contribution in [0.3, 0.4) is 0 Å². The molecule has 0 radical (unpaired) electrons. The molecule has 0 unspecified atom stereocenters. The molecule has 0 aliphatic carbocycles. The lowest BCUT2D eigenvalue weighted by molar-refractivity contribution is 0.169. The normalized spacial score (nSPS) is 13.7. The zero-order valence-electron chi connectivity index (χ0n) is 23.1. The Morgan fingerprint density at radius 1 is 0.500 bits per heavy atom. The van der Waals surface area contributed by atoms with Crippen molar-refractivity contribution in [2.75, 3.05) is 0 Å². The molecule has 0 amide bonds. The van der Waals surface area contributed by atoms with Gasteiger partial charge in [0.25, 0.3) is 0 Å². The molecule has 9 rings (SSSR count). The van der Waals surface area contributed by atoms with E-state index in [0.717, 1.165) is 11.3 Å². The van der Waals surface area contributed by atoms with Crippen LogP contribution in [-0.2, 0) is 5.60 Å². The van der Waals surface area contributed by atoms with Gasteiger partial charge in [-0.05, 0) is 111 Å².